The zero-order chi connectivity index (χ0) is 13.9. The fraction of sp³-hybridized carbons (Fsp3) is 0.667. The number of rotatable bonds is 2. The minimum Gasteiger partial charge on any atom is -0.316 e. The van der Waals surface area contributed by atoms with Crippen molar-refractivity contribution in [2.24, 2.45) is 17.8 Å². The van der Waals surface area contributed by atoms with E-state index in [0.29, 0.717) is 5.92 Å². The van der Waals surface area contributed by atoms with Gasteiger partial charge in [-0.3, -0.25) is 0 Å². The summed E-state index contributed by atoms with van der Waals surface area (Å²) in [6, 6.07) is 8.97. The highest BCUT2D eigenvalue weighted by atomic mass is 79.9. The van der Waals surface area contributed by atoms with Crippen molar-refractivity contribution in [3.8, 4) is 0 Å². The molecule has 0 bridgehead atoms. The zero-order valence-corrected chi connectivity index (χ0v) is 14.0. The molecule has 2 unspecified atom stereocenters. The molecular weight excluding hydrogens is 310 g/mol. The SMILES string of the molecule is CC1CCC(C2CCNCC2c2cccc(Br)c2)CC1. The average molecular weight is 336 g/mol. The Kier molecular flexibility index (Phi) is 4.83. The third-order valence-corrected chi connectivity index (χ3v) is 5.97. The summed E-state index contributed by atoms with van der Waals surface area (Å²) in [5.74, 6) is 3.51. The number of piperidine rings is 1. The van der Waals surface area contributed by atoms with Crippen LogP contribution in [0, 0.1) is 17.8 Å². The third-order valence-electron chi connectivity index (χ3n) is 5.48. The Morgan fingerprint density at radius 2 is 1.90 bits per heavy atom. The van der Waals surface area contributed by atoms with Crippen molar-refractivity contribution in [2.75, 3.05) is 13.1 Å². The van der Waals surface area contributed by atoms with Gasteiger partial charge in [-0.2, -0.15) is 0 Å². The molecule has 1 aliphatic carbocycles. The Hall–Kier alpha value is -0.340. The van der Waals surface area contributed by atoms with Crippen LogP contribution in [0.25, 0.3) is 0 Å². The molecule has 0 spiro atoms. The Bertz CT molecular complexity index is 437. The van der Waals surface area contributed by atoms with Gasteiger partial charge in [0.1, 0.15) is 0 Å². The molecule has 1 N–H and O–H groups in total. The summed E-state index contributed by atoms with van der Waals surface area (Å²) in [6.45, 7) is 4.79. The molecule has 20 heavy (non-hydrogen) atoms. The third kappa shape index (κ3) is 3.28. The number of hydrogen-bond acceptors (Lipinski definition) is 1. The maximum absolute atomic E-state index is 3.63. The normalized spacial score (nSPS) is 34.9. The van der Waals surface area contributed by atoms with E-state index in [1.165, 1.54) is 48.7 Å². The number of nitrogens with one attached hydrogen (secondary N) is 1. The molecule has 1 saturated heterocycles. The molecule has 1 aliphatic heterocycles. The molecule has 0 radical (unpaired) electrons. The maximum atomic E-state index is 3.63. The Balaban J connectivity index is 1.77. The van der Waals surface area contributed by atoms with Gasteiger partial charge in [-0.25, -0.2) is 0 Å². The van der Waals surface area contributed by atoms with Crippen LogP contribution in [-0.2, 0) is 0 Å². The Labute approximate surface area is 131 Å². The van der Waals surface area contributed by atoms with Crippen molar-refractivity contribution < 1.29 is 0 Å². The van der Waals surface area contributed by atoms with Crippen LogP contribution < -0.4 is 5.32 Å². The molecule has 1 nitrogen and oxygen atoms in total. The molecule has 3 rings (SSSR count). The van der Waals surface area contributed by atoms with E-state index in [4.69, 9.17) is 0 Å². The van der Waals surface area contributed by atoms with E-state index in [1.807, 2.05) is 0 Å². The largest absolute Gasteiger partial charge is 0.316 e. The summed E-state index contributed by atoms with van der Waals surface area (Å²) in [5.41, 5.74) is 1.52. The highest BCUT2D eigenvalue weighted by Gasteiger charge is 2.34. The Morgan fingerprint density at radius 3 is 2.65 bits per heavy atom. The molecule has 0 aromatic heterocycles. The summed E-state index contributed by atoms with van der Waals surface area (Å²) in [7, 11) is 0. The lowest BCUT2D eigenvalue weighted by atomic mass is 9.68. The minimum atomic E-state index is 0.708. The summed E-state index contributed by atoms with van der Waals surface area (Å²) < 4.78 is 1.22. The summed E-state index contributed by atoms with van der Waals surface area (Å²) >= 11 is 3.63. The average Bonchev–Trinajstić information content (AvgIpc) is 2.48. The van der Waals surface area contributed by atoms with Crippen molar-refractivity contribution in [1.29, 1.82) is 0 Å². The number of benzene rings is 1. The Morgan fingerprint density at radius 1 is 1.10 bits per heavy atom. The molecule has 1 heterocycles. The molecule has 1 aromatic carbocycles. The molecule has 2 atom stereocenters. The first-order valence-electron chi connectivity index (χ1n) is 8.20. The van der Waals surface area contributed by atoms with Crippen molar-refractivity contribution in [3.05, 3.63) is 34.3 Å². The van der Waals surface area contributed by atoms with Gasteiger partial charge in [0.05, 0.1) is 0 Å². The van der Waals surface area contributed by atoms with Crippen LogP contribution in [0.5, 0.6) is 0 Å². The lowest BCUT2D eigenvalue weighted by Gasteiger charge is -2.40. The van der Waals surface area contributed by atoms with Crippen LogP contribution in [0.3, 0.4) is 0 Å². The van der Waals surface area contributed by atoms with E-state index in [-0.39, 0.29) is 0 Å². The molecule has 1 aromatic rings. The zero-order valence-electron chi connectivity index (χ0n) is 12.4. The van der Waals surface area contributed by atoms with Crippen LogP contribution in [0.2, 0.25) is 0 Å². The first-order chi connectivity index (χ1) is 9.74. The number of hydrogen-bond donors (Lipinski definition) is 1. The second-order valence-electron chi connectivity index (χ2n) is 6.84. The highest BCUT2D eigenvalue weighted by molar-refractivity contribution is 9.10. The molecule has 2 heteroatoms. The smallest absolute Gasteiger partial charge is 0.0178 e. The van der Waals surface area contributed by atoms with Gasteiger partial charge in [0, 0.05) is 11.0 Å². The molecule has 1 saturated carbocycles. The quantitative estimate of drug-likeness (QED) is 0.804. The lowest BCUT2D eigenvalue weighted by molar-refractivity contribution is 0.158. The van der Waals surface area contributed by atoms with E-state index in [0.717, 1.165) is 24.3 Å². The van der Waals surface area contributed by atoms with Crippen LogP contribution in [0.15, 0.2) is 28.7 Å². The van der Waals surface area contributed by atoms with E-state index < -0.39 is 0 Å². The van der Waals surface area contributed by atoms with Crippen LogP contribution >= 0.6 is 15.9 Å². The molecular formula is C18H26BrN. The second kappa shape index (κ2) is 6.62. The van der Waals surface area contributed by atoms with Gasteiger partial charge in [0.15, 0.2) is 0 Å². The van der Waals surface area contributed by atoms with E-state index in [9.17, 15) is 0 Å². The second-order valence-corrected chi connectivity index (χ2v) is 7.75. The minimum absolute atomic E-state index is 0.708. The molecule has 2 fully saturated rings. The van der Waals surface area contributed by atoms with E-state index >= 15 is 0 Å². The van der Waals surface area contributed by atoms with Gasteiger partial charge < -0.3 is 5.32 Å². The number of halogens is 1. The predicted molar refractivity (Wildman–Crippen MR) is 89.0 cm³/mol. The van der Waals surface area contributed by atoms with Gasteiger partial charge in [-0.15, -0.1) is 0 Å². The van der Waals surface area contributed by atoms with E-state index in [2.05, 4.69) is 52.4 Å². The summed E-state index contributed by atoms with van der Waals surface area (Å²) in [5, 5.41) is 3.62. The standard InChI is InChI=1S/C18H26BrN/c1-13-5-7-14(8-6-13)17-9-10-20-12-18(17)15-3-2-4-16(19)11-15/h2-4,11,13-14,17-18,20H,5-10,12H2,1H3. The van der Waals surface area contributed by atoms with E-state index in [1.54, 1.807) is 0 Å². The molecule has 2 aliphatic rings. The van der Waals surface area contributed by atoms with Gasteiger partial charge in [-0.05, 0) is 67.2 Å². The van der Waals surface area contributed by atoms with Crippen molar-refractivity contribution >= 4 is 15.9 Å². The summed E-state index contributed by atoms with van der Waals surface area (Å²) in [4.78, 5) is 0. The van der Waals surface area contributed by atoms with Crippen LogP contribution in [0.4, 0.5) is 0 Å². The van der Waals surface area contributed by atoms with Crippen LogP contribution in [-0.4, -0.2) is 13.1 Å². The maximum Gasteiger partial charge on any atom is 0.0178 e. The van der Waals surface area contributed by atoms with Crippen molar-refractivity contribution in [2.45, 2.75) is 44.9 Å². The first kappa shape index (κ1) is 14.6. The van der Waals surface area contributed by atoms with Gasteiger partial charge in [0.25, 0.3) is 0 Å². The lowest BCUT2D eigenvalue weighted by Crippen LogP contribution is -2.39. The van der Waals surface area contributed by atoms with Crippen molar-refractivity contribution in [1.82, 2.24) is 5.32 Å². The summed E-state index contributed by atoms with van der Waals surface area (Å²) in [6.07, 6.45) is 7.16. The van der Waals surface area contributed by atoms with Gasteiger partial charge in [-0.1, -0.05) is 47.8 Å². The van der Waals surface area contributed by atoms with Crippen LogP contribution in [0.1, 0.15) is 50.5 Å². The molecule has 110 valence electrons. The molecule has 0 amide bonds. The predicted octanol–water partition coefficient (Wildman–Crippen LogP) is 4.97. The first-order valence-corrected chi connectivity index (χ1v) is 8.99. The topological polar surface area (TPSA) is 12.0 Å². The van der Waals surface area contributed by atoms with Gasteiger partial charge >= 0.3 is 0 Å². The van der Waals surface area contributed by atoms with Crippen molar-refractivity contribution in [3.63, 3.8) is 0 Å². The fourth-order valence-electron chi connectivity index (χ4n) is 4.26. The monoisotopic (exact) mass is 335 g/mol. The van der Waals surface area contributed by atoms with Gasteiger partial charge in [0.2, 0.25) is 0 Å². The fourth-order valence-corrected chi connectivity index (χ4v) is 4.68. The highest BCUT2D eigenvalue weighted by Crippen LogP contribution is 2.42.